The molecule has 2 aliphatic rings. The number of amides is 2. The summed E-state index contributed by atoms with van der Waals surface area (Å²) < 4.78 is 0. The van der Waals surface area contributed by atoms with Gasteiger partial charge in [0.25, 0.3) is 0 Å². The Kier molecular flexibility index (Phi) is 8.50. The number of piperazine rings is 1. The summed E-state index contributed by atoms with van der Waals surface area (Å²) in [6, 6.07) is 8.46. The number of hydrogen-bond acceptors (Lipinski definition) is 4. The van der Waals surface area contributed by atoms with E-state index in [1.165, 1.54) is 12.0 Å². The number of nitrogens with one attached hydrogen (secondary N) is 1. The van der Waals surface area contributed by atoms with E-state index >= 15 is 0 Å². The van der Waals surface area contributed by atoms with Gasteiger partial charge in [0.15, 0.2) is 0 Å². The molecule has 172 valence electrons. The zero-order chi connectivity index (χ0) is 22.4. The highest BCUT2D eigenvalue weighted by atomic mass is 16.2. The van der Waals surface area contributed by atoms with Crippen LogP contribution in [0.1, 0.15) is 51.3 Å². The highest BCUT2D eigenvalue weighted by Crippen LogP contribution is 2.21. The summed E-state index contributed by atoms with van der Waals surface area (Å²) in [6.45, 7) is 14.7. The van der Waals surface area contributed by atoms with Gasteiger partial charge in [-0.1, -0.05) is 45.0 Å². The van der Waals surface area contributed by atoms with Crippen molar-refractivity contribution in [2.24, 2.45) is 11.8 Å². The van der Waals surface area contributed by atoms with Crippen molar-refractivity contribution in [2.75, 3.05) is 52.4 Å². The molecular weight excluding hydrogens is 388 g/mol. The monoisotopic (exact) mass is 428 g/mol. The van der Waals surface area contributed by atoms with Gasteiger partial charge in [0.05, 0.1) is 19.1 Å². The van der Waals surface area contributed by atoms with Gasteiger partial charge < -0.3 is 10.2 Å². The van der Waals surface area contributed by atoms with Crippen LogP contribution >= 0.6 is 0 Å². The predicted octanol–water partition coefficient (Wildman–Crippen LogP) is 2.55. The molecule has 0 saturated carbocycles. The van der Waals surface area contributed by atoms with Crippen molar-refractivity contribution in [1.82, 2.24) is 20.0 Å². The number of rotatable bonds is 7. The van der Waals surface area contributed by atoms with Crippen molar-refractivity contribution in [1.29, 1.82) is 0 Å². The third-order valence-electron chi connectivity index (χ3n) is 6.68. The Morgan fingerprint density at radius 2 is 1.52 bits per heavy atom. The minimum atomic E-state index is 0.00615. The lowest BCUT2D eigenvalue weighted by atomic mass is 9.92. The van der Waals surface area contributed by atoms with Crippen LogP contribution < -0.4 is 5.32 Å². The molecule has 0 aliphatic carbocycles. The summed E-state index contributed by atoms with van der Waals surface area (Å²) in [6.07, 6.45) is 2.24. The lowest BCUT2D eigenvalue weighted by Crippen LogP contribution is -2.53. The molecule has 0 radical (unpaired) electrons. The van der Waals surface area contributed by atoms with Crippen LogP contribution in [-0.4, -0.2) is 78.9 Å². The minimum absolute atomic E-state index is 0.00615. The van der Waals surface area contributed by atoms with Crippen LogP contribution in [0.15, 0.2) is 24.3 Å². The molecule has 1 aromatic carbocycles. The number of piperidine rings is 1. The van der Waals surface area contributed by atoms with Gasteiger partial charge in [0, 0.05) is 39.3 Å². The average molecular weight is 429 g/mol. The lowest BCUT2D eigenvalue weighted by molar-refractivity contribution is -0.135. The molecule has 1 N–H and O–H groups in total. The fourth-order valence-electron chi connectivity index (χ4n) is 4.88. The van der Waals surface area contributed by atoms with Gasteiger partial charge in [-0.05, 0) is 42.7 Å². The number of hydrogen-bond donors (Lipinski definition) is 1. The Morgan fingerprint density at radius 1 is 0.968 bits per heavy atom. The van der Waals surface area contributed by atoms with E-state index in [4.69, 9.17) is 0 Å². The lowest BCUT2D eigenvalue weighted by Gasteiger charge is -2.38. The molecule has 2 heterocycles. The number of likely N-dealkylation sites (tertiary alicyclic amines) is 1. The topological polar surface area (TPSA) is 55.9 Å². The number of carbonyl (C=O) groups excluding carboxylic acids is 2. The van der Waals surface area contributed by atoms with Gasteiger partial charge in [-0.25, -0.2) is 0 Å². The molecule has 0 unspecified atom stereocenters. The fourth-order valence-corrected chi connectivity index (χ4v) is 4.88. The minimum Gasteiger partial charge on any atom is -0.348 e. The Balaban J connectivity index is 1.38. The van der Waals surface area contributed by atoms with E-state index in [-0.39, 0.29) is 17.9 Å². The molecule has 2 saturated heterocycles. The van der Waals surface area contributed by atoms with E-state index in [1.807, 2.05) is 11.8 Å². The van der Waals surface area contributed by atoms with Gasteiger partial charge in [0.1, 0.15) is 0 Å². The van der Waals surface area contributed by atoms with Gasteiger partial charge >= 0.3 is 0 Å². The van der Waals surface area contributed by atoms with E-state index in [1.54, 1.807) is 0 Å². The van der Waals surface area contributed by atoms with Gasteiger partial charge in [-0.15, -0.1) is 0 Å². The van der Waals surface area contributed by atoms with Crippen LogP contribution in [0, 0.1) is 11.8 Å². The number of benzene rings is 1. The normalized spacial score (nSPS) is 24.1. The zero-order valence-electron chi connectivity index (χ0n) is 19.8. The van der Waals surface area contributed by atoms with Crippen LogP contribution in [0.2, 0.25) is 0 Å². The largest absolute Gasteiger partial charge is 0.348 e. The zero-order valence-corrected chi connectivity index (χ0v) is 19.8. The molecule has 6 heteroatoms. The Morgan fingerprint density at radius 3 is 2.06 bits per heavy atom. The molecule has 6 nitrogen and oxygen atoms in total. The summed E-state index contributed by atoms with van der Waals surface area (Å²) in [5, 5.41) is 3.12. The van der Waals surface area contributed by atoms with E-state index in [9.17, 15) is 9.59 Å². The first-order valence-electron chi connectivity index (χ1n) is 11.9. The second kappa shape index (κ2) is 11.1. The van der Waals surface area contributed by atoms with Crippen molar-refractivity contribution in [2.45, 2.75) is 46.6 Å². The Hall–Kier alpha value is -1.92. The van der Waals surface area contributed by atoms with E-state index < -0.39 is 0 Å². The predicted molar refractivity (Wildman–Crippen MR) is 125 cm³/mol. The standard InChI is InChI=1S/C25H40N4O2/c1-5-22-6-8-23(9-7-22)21(4)26-24(30)17-27-10-12-28(13-11-27)18-25(31)29-15-19(2)14-20(3)16-29/h6-9,19-21H,5,10-18H2,1-4H3,(H,26,30)/t19-,20+,21-/m0/s1. The average Bonchev–Trinajstić information content (AvgIpc) is 2.74. The van der Waals surface area contributed by atoms with Gasteiger partial charge in [-0.3, -0.25) is 19.4 Å². The van der Waals surface area contributed by atoms with Gasteiger partial charge in [0.2, 0.25) is 11.8 Å². The third kappa shape index (κ3) is 7.04. The van der Waals surface area contributed by atoms with E-state index in [0.717, 1.165) is 51.3 Å². The summed E-state index contributed by atoms with van der Waals surface area (Å²) in [7, 11) is 0. The highest BCUT2D eigenvalue weighted by molar-refractivity contribution is 5.79. The smallest absolute Gasteiger partial charge is 0.236 e. The van der Waals surface area contributed by atoms with Crippen molar-refractivity contribution in [3.63, 3.8) is 0 Å². The molecule has 2 fully saturated rings. The molecule has 0 spiro atoms. The molecule has 3 rings (SSSR count). The highest BCUT2D eigenvalue weighted by Gasteiger charge is 2.27. The van der Waals surface area contributed by atoms with Gasteiger partial charge in [-0.2, -0.15) is 0 Å². The first-order chi connectivity index (χ1) is 14.8. The quantitative estimate of drug-likeness (QED) is 0.725. The fraction of sp³-hybridized carbons (Fsp3) is 0.680. The van der Waals surface area contributed by atoms with Crippen molar-refractivity contribution in [3.8, 4) is 0 Å². The third-order valence-corrected chi connectivity index (χ3v) is 6.68. The van der Waals surface area contributed by atoms with Crippen LogP contribution in [-0.2, 0) is 16.0 Å². The number of aryl methyl sites for hydroxylation is 1. The van der Waals surface area contributed by atoms with Crippen molar-refractivity contribution in [3.05, 3.63) is 35.4 Å². The van der Waals surface area contributed by atoms with Crippen LogP contribution in [0.5, 0.6) is 0 Å². The molecular formula is C25H40N4O2. The van der Waals surface area contributed by atoms with Crippen LogP contribution in [0.4, 0.5) is 0 Å². The van der Waals surface area contributed by atoms with Crippen molar-refractivity contribution >= 4 is 11.8 Å². The molecule has 3 atom stereocenters. The van der Waals surface area contributed by atoms with Crippen LogP contribution in [0.3, 0.4) is 0 Å². The molecule has 2 amide bonds. The second-order valence-electron chi connectivity index (χ2n) is 9.68. The number of nitrogens with zero attached hydrogens (tertiary/aromatic N) is 3. The second-order valence-corrected chi connectivity index (χ2v) is 9.68. The maximum absolute atomic E-state index is 12.7. The van der Waals surface area contributed by atoms with E-state index in [2.05, 4.69) is 60.2 Å². The summed E-state index contributed by atoms with van der Waals surface area (Å²) >= 11 is 0. The molecule has 1 aromatic rings. The SMILES string of the molecule is CCc1ccc([C@H](C)NC(=O)CN2CCN(CC(=O)N3C[C@H](C)C[C@H](C)C3)CC2)cc1. The first-order valence-corrected chi connectivity index (χ1v) is 11.9. The Labute approximate surface area is 188 Å². The van der Waals surface area contributed by atoms with E-state index in [0.29, 0.717) is 24.9 Å². The molecule has 0 aromatic heterocycles. The van der Waals surface area contributed by atoms with Crippen LogP contribution in [0.25, 0.3) is 0 Å². The summed E-state index contributed by atoms with van der Waals surface area (Å²) in [5.74, 6) is 1.51. The first kappa shape index (κ1) is 23.7. The van der Waals surface area contributed by atoms with Crippen molar-refractivity contribution < 1.29 is 9.59 Å². The summed E-state index contributed by atoms with van der Waals surface area (Å²) in [5.41, 5.74) is 2.44. The summed E-state index contributed by atoms with van der Waals surface area (Å²) in [4.78, 5) is 31.7. The maximum Gasteiger partial charge on any atom is 0.236 e. The Bertz CT molecular complexity index is 718. The molecule has 0 bridgehead atoms. The number of carbonyl (C=O) groups is 2. The molecule has 31 heavy (non-hydrogen) atoms. The maximum atomic E-state index is 12.7. The molecule has 2 aliphatic heterocycles.